The van der Waals surface area contributed by atoms with E-state index in [0.717, 1.165) is 31.7 Å². The Labute approximate surface area is 124 Å². The van der Waals surface area contributed by atoms with Gasteiger partial charge in [0, 0.05) is 25.6 Å². The molecule has 1 aromatic heterocycles. The summed E-state index contributed by atoms with van der Waals surface area (Å²) >= 11 is 0. The van der Waals surface area contributed by atoms with Crippen LogP contribution in [0.2, 0.25) is 0 Å². The van der Waals surface area contributed by atoms with Crippen LogP contribution < -0.4 is 0 Å². The number of benzene rings is 1. The number of rotatable bonds is 7. The van der Waals surface area contributed by atoms with E-state index in [1.807, 2.05) is 18.2 Å². The maximum Gasteiger partial charge on any atom is 0.226 e. The highest BCUT2D eigenvalue weighted by atomic mass is 16.5. The first-order chi connectivity index (χ1) is 10.4. The van der Waals surface area contributed by atoms with Crippen LogP contribution in [-0.4, -0.2) is 30.0 Å². The van der Waals surface area contributed by atoms with Crippen molar-refractivity contribution in [2.75, 3.05) is 19.8 Å². The topological polar surface area (TPSA) is 57.4 Å². The number of aromatic nitrogens is 2. The number of aryl methyl sites for hydroxylation is 1. The van der Waals surface area contributed by atoms with Crippen LogP contribution in [0.3, 0.4) is 0 Å². The highest BCUT2D eigenvalue weighted by Gasteiger charge is 2.22. The lowest BCUT2D eigenvalue weighted by atomic mass is 10.1. The predicted molar refractivity (Wildman–Crippen MR) is 76.9 cm³/mol. The van der Waals surface area contributed by atoms with Crippen LogP contribution in [0.1, 0.15) is 36.0 Å². The first-order valence-corrected chi connectivity index (χ1v) is 7.44. The molecular formula is C16H20N2O3. The van der Waals surface area contributed by atoms with E-state index in [4.69, 9.17) is 14.0 Å². The maximum atomic E-state index is 5.64. The molecular weight excluding hydrogens is 268 g/mol. The van der Waals surface area contributed by atoms with Gasteiger partial charge in [0.1, 0.15) is 0 Å². The van der Waals surface area contributed by atoms with E-state index in [0.29, 0.717) is 31.6 Å². The van der Waals surface area contributed by atoms with E-state index in [-0.39, 0.29) is 0 Å². The molecule has 1 aliphatic heterocycles. The molecule has 112 valence electrons. The molecule has 0 aliphatic carbocycles. The van der Waals surface area contributed by atoms with Crippen molar-refractivity contribution in [3.05, 3.63) is 47.6 Å². The highest BCUT2D eigenvalue weighted by molar-refractivity contribution is 5.13. The molecule has 0 spiro atoms. The molecule has 0 radical (unpaired) electrons. The van der Waals surface area contributed by atoms with Crippen molar-refractivity contribution in [2.24, 2.45) is 0 Å². The molecule has 0 N–H and O–H groups in total. The Morgan fingerprint density at radius 3 is 2.95 bits per heavy atom. The van der Waals surface area contributed by atoms with Crippen LogP contribution in [0.15, 0.2) is 34.9 Å². The number of hydrogen-bond donors (Lipinski definition) is 0. The zero-order valence-electron chi connectivity index (χ0n) is 12.0. The van der Waals surface area contributed by atoms with Crippen molar-refractivity contribution in [2.45, 2.75) is 31.8 Å². The SMILES string of the molecule is c1ccc(COCCCc2nc([C@@H]3CCOC3)no2)cc1. The molecule has 21 heavy (non-hydrogen) atoms. The van der Waals surface area contributed by atoms with E-state index in [9.17, 15) is 0 Å². The van der Waals surface area contributed by atoms with Gasteiger partial charge in [-0.05, 0) is 18.4 Å². The summed E-state index contributed by atoms with van der Waals surface area (Å²) in [5.74, 6) is 1.78. The Morgan fingerprint density at radius 2 is 2.14 bits per heavy atom. The molecule has 1 aromatic carbocycles. The molecule has 5 nitrogen and oxygen atoms in total. The minimum absolute atomic E-state index is 0.303. The summed E-state index contributed by atoms with van der Waals surface area (Å²) in [4.78, 5) is 4.43. The Kier molecular flexibility index (Phi) is 4.97. The van der Waals surface area contributed by atoms with Crippen molar-refractivity contribution in [3.63, 3.8) is 0 Å². The second-order valence-corrected chi connectivity index (χ2v) is 5.25. The van der Waals surface area contributed by atoms with E-state index in [1.165, 1.54) is 5.56 Å². The molecule has 1 fully saturated rings. The molecule has 0 saturated carbocycles. The van der Waals surface area contributed by atoms with Gasteiger partial charge in [-0.1, -0.05) is 35.5 Å². The normalized spacial score (nSPS) is 18.2. The quantitative estimate of drug-likeness (QED) is 0.733. The third kappa shape index (κ3) is 4.12. The second kappa shape index (κ2) is 7.33. The lowest BCUT2D eigenvalue weighted by Crippen LogP contribution is -2.01. The largest absolute Gasteiger partial charge is 0.381 e. The van der Waals surface area contributed by atoms with E-state index in [1.54, 1.807) is 0 Å². The third-order valence-electron chi connectivity index (χ3n) is 3.57. The molecule has 1 saturated heterocycles. The smallest absolute Gasteiger partial charge is 0.226 e. The van der Waals surface area contributed by atoms with Crippen molar-refractivity contribution < 1.29 is 14.0 Å². The van der Waals surface area contributed by atoms with Crippen LogP contribution in [0, 0.1) is 0 Å². The standard InChI is InChI=1S/C16H20N2O3/c1-2-5-13(6-3-1)11-19-9-4-7-15-17-16(18-21-15)14-8-10-20-12-14/h1-3,5-6,14H,4,7-12H2/t14-/m1/s1. The lowest BCUT2D eigenvalue weighted by Gasteiger charge is -2.02. The van der Waals surface area contributed by atoms with Gasteiger partial charge in [-0.25, -0.2) is 0 Å². The minimum atomic E-state index is 0.303. The van der Waals surface area contributed by atoms with Crippen molar-refractivity contribution in [1.29, 1.82) is 0 Å². The van der Waals surface area contributed by atoms with Crippen LogP contribution in [0.25, 0.3) is 0 Å². The summed E-state index contributed by atoms with van der Waals surface area (Å²) in [7, 11) is 0. The molecule has 2 heterocycles. The number of nitrogens with zero attached hydrogens (tertiary/aromatic N) is 2. The fourth-order valence-electron chi connectivity index (χ4n) is 2.36. The van der Waals surface area contributed by atoms with Crippen LogP contribution in [-0.2, 0) is 22.5 Å². The predicted octanol–water partition coefficient (Wildman–Crippen LogP) is 2.72. The molecule has 0 amide bonds. The highest BCUT2D eigenvalue weighted by Crippen LogP contribution is 2.22. The Bertz CT molecular complexity index is 535. The molecule has 2 aromatic rings. The van der Waals surface area contributed by atoms with E-state index < -0.39 is 0 Å². The summed E-state index contributed by atoms with van der Waals surface area (Å²) in [6, 6.07) is 10.2. The average molecular weight is 288 g/mol. The molecule has 1 aliphatic rings. The van der Waals surface area contributed by atoms with Gasteiger partial charge >= 0.3 is 0 Å². The van der Waals surface area contributed by atoms with Gasteiger partial charge in [-0.15, -0.1) is 0 Å². The Hall–Kier alpha value is -1.72. The molecule has 0 unspecified atom stereocenters. The number of hydrogen-bond acceptors (Lipinski definition) is 5. The minimum Gasteiger partial charge on any atom is -0.381 e. The molecule has 1 atom stereocenters. The fraction of sp³-hybridized carbons (Fsp3) is 0.500. The van der Waals surface area contributed by atoms with E-state index in [2.05, 4.69) is 22.3 Å². The zero-order valence-corrected chi connectivity index (χ0v) is 12.0. The molecule has 3 rings (SSSR count). The van der Waals surface area contributed by atoms with Gasteiger partial charge in [-0.3, -0.25) is 0 Å². The fourth-order valence-corrected chi connectivity index (χ4v) is 2.36. The maximum absolute atomic E-state index is 5.64. The zero-order chi connectivity index (χ0) is 14.3. The van der Waals surface area contributed by atoms with Gasteiger partial charge in [0.2, 0.25) is 5.89 Å². The lowest BCUT2D eigenvalue weighted by molar-refractivity contribution is 0.117. The summed E-state index contributed by atoms with van der Waals surface area (Å²) < 4.78 is 16.2. The summed E-state index contributed by atoms with van der Waals surface area (Å²) in [5, 5.41) is 4.04. The van der Waals surface area contributed by atoms with Crippen LogP contribution in [0.5, 0.6) is 0 Å². The van der Waals surface area contributed by atoms with Crippen molar-refractivity contribution >= 4 is 0 Å². The van der Waals surface area contributed by atoms with Crippen LogP contribution in [0.4, 0.5) is 0 Å². The molecule has 0 bridgehead atoms. The summed E-state index contributed by atoms with van der Waals surface area (Å²) in [6.45, 7) is 2.84. The van der Waals surface area contributed by atoms with Crippen molar-refractivity contribution in [1.82, 2.24) is 10.1 Å². The first kappa shape index (κ1) is 14.2. The Morgan fingerprint density at radius 1 is 1.24 bits per heavy atom. The molecule has 5 heteroatoms. The van der Waals surface area contributed by atoms with Gasteiger partial charge in [0.25, 0.3) is 0 Å². The Balaban J connectivity index is 1.35. The first-order valence-electron chi connectivity index (χ1n) is 7.44. The third-order valence-corrected chi connectivity index (χ3v) is 3.57. The second-order valence-electron chi connectivity index (χ2n) is 5.25. The van der Waals surface area contributed by atoms with Crippen molar-refractivity contribution in [3.8, 4) is 0 Å². The van der Waals surface area contributed by atoms with E-state index >= 15 is 0 Å². The van der Waals surface area contributed by atoms with Gasteiger partial charge in [0.15, 0.2) is 5.82 Å². The van der Waals surface area contributed by atoms with Crippen LogP contribution >= 0.6 is 0 Å². The number of ether oxygens (including phenoxy) is 2. The van der Waals surface area contributed by atoms with Gasteiger partial charge in [-0.2, -0.15) is 4.98 Å². The summed E-state index contributed by atoms with van der Waals surface area (Å²) in [6.07, 6.45) is 2.63. The van der Waals surface area contributed by atoms with Gasteiger partial charge in [0.05, 0.1) is 13.2 Å². The summed E-state index contributed by atoms with van der Waals surface area (Å²) in [5.41, 5.74) is 1.19. The average Bonchev–Trinajstić information content (AvgIpc) is 3.19. The monoisotopic (exact) mass is 288 g/mol. The van der Waals surface area contributed by atoms with Gasteiger partial charge < -0.3 is 14.0 Å².